The molecule has 2 aromatic rings. The topological polar surface area (TPSA) is 102 Å². The molecule has 0 unspecified atom stereocenters. The Morgan fingerprint density at radius 2 is 1.69 bits per heavy atom. The lowest BCUT2D eigenvalue weighted by molar-refractivity contribution is 0.0342. The van der Waals surface area contributed by atoms with E-state index in [-0.39, 0.29) is 29.6 Å². The van der Waals surface area contributed by atoms with Gasteiger partial charge in [0.1, 0.15) is 12.4 Å². The van der Waals surface area contributed by atoms with E-state index in [0.717, 1.165) is 44.0 Å². The smallest absolute Gasteiger partial charge is 0.240 e. The first-order chi connectivity index (χ1) is 15.3. The molecule has 8 nitrogen and oxygen atoms in total. The Hall–Kier alpha value is -1.98. The third-order valence-electron chi connectivity index (χ3n) is 5.20. The molecule has 1 N–H and O–H groups in total. The monoisotopic (exact) mass is 482 g/mol. The number of nitrogens with zero attached hydrogens (tertiary/aromatic N) is 1. The molecule has 0 bridgehead atoms. The molecule has 1 aliphatic rings. The van der Waals surface area contributed by atoms with Crippen LogP contribution >= 0.6 is 0 Å². The van der Waals surface area contributed by atoms with Crippen molar-refractivity contribution < 1.29 is 26.3 Å². The van der Waals surface area contributed by atoms with E-state index < -0.39 is 19.9 Å². The van der Waals surface area contributed by atoms with Crippen molar-refractivity contribution in [2.75, 3.05) is 44.4 Å². The quantitative estimate of drug-likeness (QED) is 0.521. The van der Waals surface area contributed by atoms with Crippen molar-refractivity contribution in [1.82, 2.24) is 9.62 Å². The zero-order chi connectivity index (χ0) is 23.0. The Labute approximate surface area is 190 Å². The Kier molecular flexibility index (Phi) is 8.66. The zero-order valence-corrected chi connectivity index (χ0v) is 19.8. The van der Waals surface area contributed by atoms with Crippen LogP contribution in [0.3, 0.4) is 0 Å². The van der Waals surface area contributed by atoms with Gasteiger partial charge in [-0.3, -0.25) is 4.90 Å². The van der Waals surface area contributed by atoms with Crippen molar-refractivity contribution in [3.8, 4) is 5.75 Å². The van der Waals surface area contributed by atoms with Crippen LogP contribution < -0.4 is 9.46 Å². The number of nitrogens with one attached hydrogen (secondary N) is 1. The summed E-state index contributed by atoms with van der Waals surface area (Å²) in [5.74, 6) is 0.413. The molecule has 0 radical (unpaired) electrons. The molecule has 1 heterocycles. The fourth-order valence-electron chi connectivity index (χ4n) is 3.26. The maximum atomic E-state index is 12.6. The van der Waals surface area contributed by atoms with Crippen LogP contribution in [0.2, 0.25) is 0 Å². The van der Waals surface area contributed by atoms with Crippen LogP contribution in [0.1, 0.15) is 18.1 Å². The summed E-state index contributed by atoms with van der Waals surface area (Å²) in [5.41, 5.74) is 2.02. The van der Waals surface area contributed by atoms with Crippen molar-refractivity contribution in [3.63, 3.8) is 0 Å². The number of ether oxygens (including phenoxy) is 2. The van der Waals surface area contributed by atoms with Crippen molar-refractivity contribution >= 4 is 19.9 Å². The van der Waals surface area contributed by atoms with Crippen LogP contribution in [0.4, 0.5) is 0 Å². The predicted octanol–water partition coefficient (Wildman–Crippen LogP) is 1.81. The van der Waals surface area contributed by atoms with Crippen molar-refractivity contribution in [2.45, 2.75) is 24.9 Å². The molecule has 10 heteroatoms. The fraction of sp³-hybridized carbons (Fsp3) is 0.455. The first-order valence-electron chi connectivity index (χ1n) is 10.6. The summed E-state index contributed by atoms with van der Waals surface area (Å²) in [6, 6.07) is 13.8. The average Bonchev–Trinajstić information content (AvgIpc) is 2.79. The summed E-state index contributed by atoms with van der Waals surface area (Å²) < 4.78 is 61.7. The number of sulfone groups is 1. The van der Waals surface area contributed by atoms with Gasteiger partial charge < -0.3 is 9.47 Å². The molecule has 32 heavy (non-hydrogen) atoms. The van der Waals surface area contributed by atoms with Crippen molar-refractivity contribution in [3.05, 3.63) is 59.7 Å². The number of rotatable bonds is 11. The average molecular weight is 483 g/mol. The van der Waals surface area contributed by atoms with Gasteiger partial charge in [-0.2, -0.15) is 0 Å². The van der Waals surface area contributed by atoms with Crippen LogP contribution in [0.5, 0.6) is 5.75 Å². The molecule has 0 spiro atoms. The Balaban J connectivity index is 1.54. The molecule has 1 saturated heterocycles. The van der Waals surface area contributed by atoms with Gasteiger partial charge in [0.2, 0.25) is 10.0 Å². The second kappa shape index (κ2) is 11.2. The molecule has 0 amide bonds. The van der Waals surface area contributed by atoms with E-state index in [1.54, 1.807) is 6.92 Å². The number of hydrogen-bond donors (Lipinski definition) is 1. The number of morpholine rings is 1. The highest BCUT2D eigenvalue weighted by atomic mass is 32.2. The summed E-state index contributed by atoms with van der Waals surface area (Å²) in [4.78, 5) is 2.43. The van der Waals surface area contributed by atoms with E-state index in [0.29, 0.717) is 5.75 Å². The SMILES string of the molecule is CCS(=O)(=O)CCOc1ccc(S(=O)(=O)NCc2cccc(CN3CCOCC3)c2)cc1. The molecule has 0 saturated carbocycles. The van der Waals surface area contributed by atoms with Crippen LogP contribution in [-0.2, 0) is 37.7 Å². The first kappa shape index (κ1) is 24.7. The molecule has 1 fully saturated rings. The van der Waals surface area contributed by atoms with Gasteiger partial charge in [0.05, 0.1) is 23.9 Å². The maximum absolute atomic E-state index is 12.6. The van der Waals surface area contributed by atoms with Crippen LogP contribution in [-0.4, -0.2) is 66.2 Å². The van der Waals surface area contributed by atoms with Crippen LogP contribution in [0.25, 0.3) is 0 Å². The zero-order valence-electron chi connectivity index (χ0n) is 18.2. The minimum Gasteiger partial charge on any atom is -0.493 e. The predicted molar refractivity (Wildman–Crippen MR) is 123 cm³/mol. The molecule has 0 aliphatic carbocycles. The van der Waals surface area contributed by atoms with E-state index >= 15 is 0 Å². The molecular formula is C22H30N2O6S2. The summed E-state index contributed by atoms with van der Waals surface area (Å²) in [7, 11) is -6.80. The van der Waals surface area contributed by atoms with Crippen molar-refractivity contribution in [2.24, 2.45) is 0 Å². The number of hydrogen-bond acceptors (Lipinski definition) is 7. The standard InChI is InChI=1S/C22H30N2O6S2/c1-2-31(25,26)15-14-30-21-6-8-22(9-7-21)32(27,28)23-17-19-4-3-5-20(16-19)18-24-10-12-29-13-11-24/h3-9,16,23H,2,10-15,17-18H2,1H3. The lowest BCUT2D eigenvalue weighted by atomic mass is 10.1. The minimum absolute atomic E-state index is 0.0291. The van der Waals surface area contributed by atoms with Crippen LogP contribution in [0.15, 0.2) is 53.4 Å². The molecule has 0 atom stereocenters. The molecular weight excluding hydrogens is 452 g/mol. The summed E-state index contributed by atoms with van der Waals surface area (Å²) in [6.45, 7) is 5.87. The number of benzene rings is 2. The van der Waals surface area contributed by atoms with E-state index in [1.165, 1.54) is 24.3 Å². The van der Waals surface area contributed by atoms with E-state index in [1.807, 2.05) is 24.3 Å². The molecule has 2 aromatic carbocycles. The highest BCUT2D eigenvalue weighted by Crippen LogP contribution is 2.17. The van der Waals surface area contributed by atoms with Gasteiger partial charge in [-0.25, -0.2) is 21.6 Å². The summed E-state index contributed by atoms with van der Waals surface area (Å²) >= 11 is 0. The normalized spacial score (nSPS) is 15.5. The second-order valence-corrected chi connectivity index (χ2v) is 11.8. The third kappa shape index (κ3) is 7.56. The van der Waals surface area contributed by atoms with Gasteiger partial charge in [-0.15, -0.1) is 0 Å². The van der Waals surface area contributed by atoms with E-state index in [4.69, 9.17) is 9.47 Å². The lowest BCUT2D eigenvalue weighted by Crippen LogP contribution is -2.35. The summed E-state index contributed by atoms with van der Waals surface area (Å²) in [6.07, 6.45) is 0. The largest absolute Gasteiger partial charge is 0.493 e. The highest BCUT2D eigenvalue weighted by molar-refractivity contribution is 7.91. The molecule has 1 aliphatic heterocycles. The van der Waals surface area contributed by atoms with Gasteiger partial charge in [0, 0.05) is 31.9 Å². The summed E-state index contributed by atoms with van der Waals surface area (Å²) in [5, 5.41) is 0. The second-order valence-electron chi connectivity index (χ2n) is 7.59. The van der Waals surface area contributed by atoms with Gasteiger partial charge in [0.25, 0.3) is 0 Å². The molecule has 176 valence electrons. The first-order valence-corrected chi connectivity index (χ1v) is 13.9. The highest BCUT2D eigenvalue weighted by Gasteiger charge is 2.15. The molecule has 0 aromatic heterocycles. The Morgan fingerprint density at radius 3 is 2.38 bits per heavy atom. The van der Waals surface area contributed by atoms with E-state index in [9.17, 15) is 16.8 Å². The maximum Gasteiger partial charge on any atom is 0.240 e. The van der Waals surface area contributed by atoms with Gasteiger partial charge in [-0.1, -0.05) is 31.2 Å². The lowest BCUT2D eigenvalue weighted by Gasteiger charge is -2.26. The Bertz CT molecular complexity index is 1080. The van der Waals surface area contributed by atoms with Gasteiger partial charge >= 0.3 is 0 Å². The van der Waals surface area contributed by atoms with Gasteiger partial charge in [-0.05, 0) is 35.4 Å². The molecule has 3 rings (SSSR count). The Morgan fingerprint density at radius 1 is 1.00 bits per heavy atom. The third-order valence-corrected chi connectivity index (χ3v) is 8.29. The number of sulfonamides is 1. The van der Waals surface area contributed by atoms with Crippen LogP contribution in [0, 0.1) is 0 Å². The van der Waals surface area contributed by atoms with Gasteiger partial charge in [0.15, 0.2) is 9.84 Å². The van der Waals surface area contributed by atoms with Crippen molar-refractivity contribution in [1.29, 1.82) is 0 Å². The minimum atomic E-state index is -3.69. The fourth-order valence-corrected chi connectivity index (χ4v) is 4.91. The van der Waals surface area contributed by atoms with E-state index in [2.05, 4.69) is 9.62 Å².